The Morgan fingerprint density at radius 3 is 2.76 bits per heavy atom. The molecule has 8 heteroatoms. The summed E-state index contributed by atoms with van der Waals surface area (Å²) in [5.74, 6) is -1.08. The molecule has 0 fully saturated rings. The van der Waals surface area contributed by atoms with Gasteiger partial charge in [0.15, 0.2) is 5.76 Å². The monoisotopic (exact) mass is 343 g/mol. The first-order chi connectivity index (χ1) is 12.0. The van der Waals surface area contributed by atoms with Crippen molar-refractivity contribution in [2.75, 3.05) is 11.9 Å². The Morgan fingerprint density at radius 2 is 2.08 bits per heavy atom. The largest absolute Gasteiger partial charge is 0.433 e. The molecule has 0 unspecified atom stereocenters. The molecule has 2 heterocycles. The lowest BCUT2D eigenvalue weighted by Gasteiger charge is -2.29. The Morgan fingerprint density at radius 1 is 1.28 bits per heavy atom. The zero-order chi connectivity index (χ0) is 18.0. The van der Waals surface area contributed by atoms with Gasteiger partial charge in [0.2, 0.25) is 5.91 Å². The molecule has 3 rings (SSSR count). The van der Waals surface area contributed by atoms with Gasteiger partial charge in [-0.1, -0.05) is 13.0 Å². The van der Waals surface area contributed by atoms with Crippen molar-refractivity contribution in [3.8, 4) is 0 Å². The molecule has 0 saturated carbocycles. The van der Waals surface area contributed by atoms with Crippen LogP contribution >= 0.6 is 0 Å². The van der Waals surface area contributed by atoms with Crippen LogP contribution in [0.5, 0.6) is 0 Å². The van der Waals surface area contributed by atoms with Crippen molar-refractivity contribution in [2.45, 2.75) is 26.3 Å². The van der Waals surface area contributed by atoms with Crippen molar-refractivity contribution in [3.05, 3.63) is 57.3 Å². The molecule has 1 N–H and O–H groups in total. The van der Waals surface area contributed by atoms with Crippen molar-refractivity contribution >= 4 is 23.4 Å². The highest BCUT2D eigenvalue weighted by molar-refractivity contribution is 6.02. The number of fused-ring (bicyclic) bond motifs is 1. The number of hydrogen-bond donors (Lipinski definition) is 1. The Balaban J connectivity index is 1.74. The fourth-order valence-corrected chi connectivity index (χ4v) is 2.81. The van der Waals surface area contributed by atoms with Gasteiger partial charge in [-0.2, -0.15) is 0 Å². The van der Waals surface area contributed by atoms with E-state index in [1.54, 1.807) is 11.0 Å². The van der Waals surface area contributed by atoms with E-state index >= 15 is 0 Å². The fourth-order valence-electron chi connectivity index (χ4n) is 2.81. The SMILES string of the molecule is CCC(=O)N1CCc2ccc(NC(=O)c3ccc([N+](=O)[O-])o3)cc2C1. The van der Waals surface area contributed by atoms with E-state index < -0.39 is 16.7 Å². The molecule has 8 nitrogen and oxygen atoms in total. The Bertz CT molecular complexity index is 843. The molecule has 0 spiro atoms. The van der Waals surface area contributed by atoms with Crippen LogP contribution in [-0.2, 0) is 17.8 Å². The number of furan rings is 1. The second-order valence-corrected chi connectivity index (χ2v) is 5.75. The molecule has 0 radical (unpaired) electrons. The molecule has 1 aromatic heterocycles. The molecule has 1 aliphatic heterocycles. The summed E-state index contributed by atoms with van der Waals surface area (Å²) >= 11 is 0. The number of carbonyl (C=O) groups is 2. The third-order valence-corrected chi connectivity index (χ3v) is 4.13. The van der Waals surface area contributed by atoms with Crippen molar-refractivity contribution in [3.63, 3.8) is 0 Å². The minimum Gasteiger partial charge on any atom is -0.395 e. The number of nitrogens with zero attached hydrogens (tertiary/aromatic N) is 2. The van der Waals surface area contributed by atoms with E-state index in [1.165, 1.54) is 6.07 Å². The first-order valence-corrected chi connectivity index (χ1v) is 7.93. The molecule has 0 atom stereocenters. The van der Waals surface area contributed by atoms with Crippen LogP contribution in [0.25, 0.3) is 0 Å². The maximum atomic E-state index is 12.1. The van der Waals surface area contributed by atoms with Gasteiger partial charge >= 0.3 is 5.88 Å². The third-order valence-electron chi connectivity index (χ3n) is 4.13. The van der Waals surface area contributed by atoms with E-state index in [0.717, 1.165) is 23.6 Å². The van der Waals surface area contributed by atoms with E-state index in [0.29, 0.717) is 25.2 Å². The highest BCUT2D eigenvalue weighted by Crippen LogP contribution is 2.24. The Hall–Kier alpha value is -3.16. The quantitative estimate of drug-likeness (QED) is 0.679. The second kappa shape index (κ2) is 6.76. The predicted octanol–water partition coefficient (Wildman–Crippen LogP) is 2.73. The summed E-state index contributed by atoms with van der Waals surface area (Å²) < 4.78 is 4.89. The third kappa shape index (κ3) is 3.52. The van der Waals surface area contributed by atoms with Crippen LogP contribution in [0.1, 0.15) is 35.0 Å². The van der Waals surface area contributed by atoms with Crippen molar-refractivity contribution < 1.29 is 18.9 Å². The summed E-state index contributed by atoms with van der Waals surface area (Å²) in [4.78, 5) is 35.7. The number of amides is 2. The fraction of sp³-hybridized carbons (Fsp3) is 0.294. The van der Waals surface area contributed by atoms with Gasteiger partial charge in [0.25, 0.3) is 5.91 Å². The Labute approximate surface area is 143 Å². The predicted molar refractivity (Wildman–Crippen MR) is 89.2 cm³/mol. The molecule has 0 saturated heterocycles. The van der Waals surface area contributed by atoms with E-state index in [1.807, 2.05) is 19.1 Å². The molecule has 1 aromatic carbocycles. The topological polar surface area (TPSA) is 106 Å². The second-order valence-electron chi connectivity index (χ2n) is 5.75. The van der Waals surface area contributed by atoms with Gasteiger partial charge in [0, 0.05) is 25.2 Å². The van der Waals surface area contributed by atoms with Gasteiger partial charge < -0.3 is 14.6 Å². The lowest BCUT2D eigenvalue weighted by atomic mass is 9.99. The van der Waals surface area contributed by atoms with Crippen LogP contribution in [0, 0.1) is 10.1 Å². The molecule has 130 valence electrons. The average Bonchev–Trinajstić information content (AvgIpc) is 3.11. The van der Waals surface area contributed by atoms with Gasteiger partial charge in [-0.3, -0.25) is 19.7 Å². The number of rotatable bonds is 4. The van der Waals surface area contributed by atoms with Crippen molar-refractivity contribution in [1.82, 2.24) is 4.90 Å². The normalized spacial score (nSPS) is 13.2. The van der Waals surface area contributed by atoms with Crippen LogP contribution in [0.2, 0.25) is 0 Å². The van der Waals surface area contributed by atoms with E-state index in [4.69, 9.17) is 4.42 Å². The molecule has 1 aliphatic rings. The van der Waals surface area contributed by atoms with E-state index in [9.17, 15) is 19.7 Å². The summed E-state index contributed by atoms with van der Waals surface area (Å²) in [5, 5.41) is 13.3. The number of hydrogen-bond acceptors (Lipinski definition) is 5. The number of nitro groups is 1. The first-order valence-electron chi connectivity index (χ1n) is 7.93. The van der Waals surface area contributed by atoms with Crippen LogP contribution in [-0.4, -0.2) is 28.2 Å². The molecule has 25 heavy (non-hydrogen) atoms. The zero-order valence-corrected chi connectivity index (χ0v) is 13.7. The lowest BCUT2D eigenvalue weighted by Crippen LogP contribution is -2.35. The summed E-state index contributed by atoms with van der Waals surface area (Å²) in [6.07, 6.45) is 1.24. The van der Waals surface area contributed by atoms with Gasteiger partial charge in [-0.05, 0) is 35.7 Å². The van der Waals surface area contributed by atoms with Crippen molar-refractivity contribution in [2.24, 2.45) is 0 Å². The maximum Gasteiger partial charge on any atom is 0.433 e. The lowest BCUT2D eigenvalue weighted by molar-refractivity contribution is -0.402. The number of anilines is 1. The average molecular weight is 343 g/mol. The standard InChI is InChI=1S/C17H17N3O5/c1-2-15(21)19-8-7-11-3-4-13(9-12(11)10-19)18-17(22)14-5-6-16(25-14)20(23)24/h3-6,9H,2,7-8,10H2,1H3,(H,18,22). The Kier molecular flexibility index (Phi) is 4.51. The van der Waals surface area contributed by atoms with Crippen molar-refractivity contribution in [1.29, 1.82) is 0 Å². The maximum absolute atomic E-state index is 12.1. The zero-order valence-electron chi connectivity index (χ0n) is 13.7. The number of carbonyl (C=O) groups excluding carboxylic acids is 2. The van der Waals surface area contributed by atoms with Crippen LogP contribution in [0.4, 0.5) is 11.6 Å². The van der Waals surface area contributed by atoms with E-state index in [-0.39, 0.29) is 11.7 Å². The van der Waals surface area contributed by atoms with Crippen LogP contribution < -0.4 is 5.32 Å². The summed E-state index contributed by atoms with van der Waals surface area (Å²) in [6.45, 7) is 3.04. The smallest absolute Gasteiger partial charge is 0.395 e. The van der Waals surface area contributed by atoms with Gasteiger partial charge in [0.05, 0.1) is 6.07 Å². The summed E-state index contributed by atoms with van der Waals surface area (Å²) in [7, 11) is 0. The van der Waals surface area contributed by atoms with Gasteiger partial charge in [-0.15, -0.1) is 0 Å². The van der Waals surface area contributed by atoms with Gasteiger partial charge in [0.1, 0.15) is 4.92 Å². The highest BCUT2D eigenvalue weighted by atomic mass is 16.6. The molecule has 2 amide bonds. The van der Waals surface area contributed by atoms with E-state index in [2.05, 4.69) is 5.32 Å². The molecular weight excluding hydrogens is 326 g/mol. The number of nitrogens with one attached hydrogen (secondary N) is 1. The van der Waals surface area contributed by atoms with Gasteiger partial charge in [-0.25, -0.2) is 0 Å². The minimum atomic E-state index is -0.699. The summed E-state index contributed by atoms with van der Waals surface area (Å²) in [5.41, 5.74) is 2.68. The number of benzene rings is 1. The molecule has 0 bridgehead atoms. The van der Waals surface area contributed by atoms with Crippen LogP contribution in [0.15, 0.2) is 34.7 Å². The molecular formula is C17H17N3O5. The summed E-state index contributed by atoms with van der Waals surface area (Å²) in [6, 6.07) is 7.90. The molecule has 2 aromatic rings. The first kappa shape index (κ1) is 16.7. The minimum absolute atomic E-state index is 0.1000. The van der Waals surface area contributed by atoms with Crippen LogP contribution in [0.3, 0.4) is 0 Å². The molecule has 0 aliphatic carbocycles. The highest BCUT2D eigenvalue weighted by Gasteiger charge is 2.21.